The van der Waals surface area contributed by atoms with Gasteiger partial charge in [-0.15, -0.1) is 5.10 Å². The second-order valence-electron chi connectivity index (χ2n) is 5.47. The van der Waals surface area contributed by atoms with Crippen molar-refractivity contribution in [3.05, 3.63) is 53.5 Å². The summed E-state index contributed by atoms with van der Waals surface area (Å²) < 4.78 is 26.1. The molecular weight excluding hydrogens is 309 g/mol. The molecule has 0 aliphatic rings. The summed E-state index contributed by atoms with van der Waals surface area (Å²) in [5.41, 5.74) is 4.29. The standard InChI is InChI=1S/C18H18FN3O2/c1-11-7-14(9-18(24-4)12(11)2)22-16(10-20-21-22)13-5-6-17(23-3)15(19)8-13/h5-10H,1-4H3. The molecule has 0 saturated carbocycles. The Balaban J connectivity index is 2.12. The Morgan fingerprint density at radius 3 is 2.42 bits per heavy atom. The maximum Gasteiger partial charge on any atom is 0.165 e. The van der Waals surface area contributed by atoms with Crippen molar-refractivity contribution in [3.8, 4) is 28.4 Å². The van der Waals surface area contributed by atoms with Crippen LogP contribution in [-0.4, -0.2) is 29.2 Å². The van der Waals surface area contributed by atoms with Crippen molar-refractivity contribution in [2.45, 2.75) is 13.8 Å². The molecule has 1 aromatic heterocycles. The van der Waals surface area contributed by atoms with Crippen LogP contribution in [0.5, 0.6) is 11.5 Å². The van der Waals surface area contributed by atoms with Gasteiger partial charge in [0.25, 0.3) is 0 Å². The van der Waals surface area contributed by atoms with Gasteiger partial charge >= 0.3 is 0 Å². The number of benzene rings is 2. The van der Waals surface area contributed by atoms with Gasteiger partial charge in [-0.2, -0.15) is 0 Å². The lowest BCUT2D eigenvalue weighted by Crippen LogP contribution is -2.02. The molecule has 0 amide bonds. The van der Waals surface area contributed by atoms with Gasteiger partial charge in [-0.25, -0.2) is 9.07 Å². The van der Waals surface area contributed by atoms with Crippen LogP contribution >= 0.6 is 0 Å². The number of hydrogen-bond acceptors (Lipinski definition) is 4. The summed E-state index contributed by atoms with van der Waals surface area (Å²) in [5.74, 6) is 0.540. The molecule has 0 atom stereocenters. The molecule has 0 bridgehead atoms. The fourth-order valence-corrected chi connectivity index (χ4v) is 2.59. The zero-order chi connectivity index (χ0) is 17.3. The first-order chi connectivity index (χ1) is 11.5. The third kappa shape index (κ3) is 2.71. The predicted octanol–water partition coefficient (Wildman–Crippen LogP) is 3.71. The summed E-state index contributed by atoms with van der Waals surface area (Å²) in [5, 5.41) is 8.11. The van der Waals surface area contributed by atoms with Gasteiger partial charge in [-0.1, -0.05) is 5.21 Å². The molecule has 0 spiro atoms. The van der Waals surface area contributed by atoms with Crippen LogP contribution in [-0.2, 0) is 0 Å². The van der Waals surface area contributed by atoms with Crippen molar-refractivity contribution in [1.29, 1.82) is 0 Å². The van der Waals surface area contributed by atoms with Crippen molar-refractivity contribution in [2.75, 3.05) is 14.2 Å². The highest BCUT2D eigenvalue weighted by molar-refractivity contribution is 5.63. The Hall–Kier alpha value is -2.89. The smallest absolute Gasteiger partial charge is 0.165 e. The molecule has 0 unspecified atom stereocenters. The first-order valence-corrected chi connectivity index (χ1v) is 7.45. The van der Waals surface area contributed by atoms with Crippen LogP contribution in [0.3, 0.4) is 0 Å². The number of aryl methyl sites for hydroxylation is 1. The fourth-order valence-electron chi connectivity index (χ4n) is 2.59. The summed E-state index contributed by atoms with van der Waals surface area (Å²) in [7, 11) is 3.07. The van der Waals surface area contributed by atoms with E-state index >= 15 is 0 Å². The Bertz CT molecular complexity index is 890. The molecule has 24 heavy (non-hydrogen) atoms. The molecule has 5 nitrogen and oxygen atoms in total. The third-order valence-corrected chi connectivity index (χ3v) is 4.07. The van der Waals surface area contributed by atoms with E-state index in [9.17, 15) is 4.39 Å². The normalized spacial score (nSPS) is 10.7. The average Bonchev–Trinajstić information content (AvgIpc) is 3.06. The highest BCUT2D eigenvalue weighted by atomic mass is 19.1. The summed E-state index contributed by atoms with van der Waals surface area (Å²) in [6.45, 7) is 4.00. The number of methoxy groups -OCH3 is 2. The zero-order valence-corrected chi connectivity index (χ0v) is 14.0. The first-order valence-electron chi connectivity index (χ1n) is 7.45. The quantitative estimate of drug-likeness (QED) is 0.733. The molecule has 0 fully saturated rings. The summed E-state index contributed by atoms with van der Waals surface area (Å²) >= 11 is 0. The molecule has 0 aliphatic carbocycles. The molecule has 0 N–H and O–H groups in total. The van der Waals surface area contributed by atoms with E-state index < -0.39 is 5.82 Å². The second-order valence-corrected chi connectivity index (χ2v) is 5.47. The molecule has 3 rings (SSSR count). The number of rotatable bonds is 4. The van der Waals surface area contributed by atoms with Gasteiger partial charge in [0, 0.05) is 11.6 Å². The summed E-state index contributed by atoms with van der Waals surface area (Å²) in [6.07, 6.45) is 1.60. The van der Waals surface area contributed by atoms with Crippen molar-refractivity contribution in [1.82, 2.24) is 15.0 Å². The largest absolute Gasteiger partial charge is 0.496 e. The number of halogens is 1. The maximum atomic E-state index is 14.0. The van der Waals surface area contributed by atoms with Crippen molar-refractivity contribution < 1.29 is 13.9 Å². The van der Waals surface area contributed by atoms with Gasteiger partial charge in [0.1, 0.15) is 5.75 Å². The van der Waals surface area contributed by atoms with E-state index in [4.69, 9.17) is 9.47 Å². The highest BCUT2D eigenvalue weighted by Crippen LogP contribution is 2.29. The lowest BCUT2D eigenvalue weighted by Gasteiger charge is -2.13. The maximum absolute atomic E-state index is 14.0. The van der Waals surface area contributed by atoms with Crippen LogP contribution in [0, 0.1) is 19.7 Å². The Labute approximate surface area is 139 Å². The van der Waals surface area contributed by atoms with Gasteiger partial charge in [-0.05, 0) is 49.2 Å². The van der Waals surface area contributed by atoms with Crippen LogP contribution in [0.25, 0.3) is 16.9 Å². The molecular formula is C18H18FN3O2. The SMILES string of the molecule is COc1ccc(-c2cnnn2-c2cc(C)c(C)c(OC)c2)cc1F. The molecule has 0 radical (unpaired) electrons. The molecule has 0 saturated heterocycles. The minimum absolute atomic E-state index is 0.200. The Morgan fingerprint density at radius 2 is 1.75 bits per heavy atom. The predicted molar refractivity (Wildman–Crippen MR) is 89.3 cm³/mol. The van der Waals surface area contributed by atoms with E-state index in [0.717, 1.165) is 22.6 Å². The van der Waals surface area contributed by atoms with Gasteiger partial charge in [-0.3, -0.25) is 0 Å². The van der Waals surface area contributed by atoms with Crippen molar-refractivity contribution in [2.24, 2.45) is 0 Å². The monoisotopic (exact) mass is 327 g/mol. The van der Waals surface area contributed by atoms with Crippen LogP contribution in [0.2, 0.25) is 0 Å². The molecule has 0 aliphatic heterocycles. The molecule has 124 valence electrons. The van der Waals surface area contributed by atoms with Crippen LogP contribution in [0.15, 0.2) is 36.5 Å². The molecule has 1 heterocycles. The molecule has 6 heteroatoms. The lowest BCUT2D eigenvalue weighted by molar-refractivity contribution is 0.386. The zero-order valence-electron chi connectivity index (χ0n) is 14.0. The topological polar surface area (TPSA) is 49.2 Å². The van der Waals surface area contributed by atoms with Gasteiger partial charge in [0.2, 0.25) is 0 Å². The summed E-state index contributed by atoms with van der Waals surface area (Å²) in [4.78, 5) is 0. The first kappa shape index (κ1) is 16.0. The fraction of sp³-hybridized carbons (Fsp3) is 0.222. The van der Waals surface area contributed by atoms with Crippen LogP contribution < -0.4 is 9.47 Å². The average molecular weight is 327 g/mol. The third-order valence-electron chi connectivity index (χ3n) is 4.07. The highest BCUT2D eigenvalue weighted by Gasteiger charge is 2.14. The number of ether oxygens (including phenoxy) is 2. The number of nitrogens with zero attached hydrogens (tertiary/aromatic N) is 3. The van der Waals surface area contributed by atoms with Gasteiger partial charge < -0.3 is 9.47 Å². The van der Waals surface area contributed by atoms with E-state index in [1.165, 1.54) is 13.2 Å². The Morgan fingerprint density at radius 1 is 1.00 bits per heavy atom. The second kappa shape index (κ2) is 6.31. The van der Waals surface area contributed by atoms with E-state index in [-0.39, 0.29) is 5.75 Å². The van der Waals surface area contributed by atoms with E-state index in [1.807, 2.05) is 26.0 Å². The molecule has 3 aromatic rings. The van der Waals surface area contributed by atoms with E-state index in [2.05, 4.69) is 10.3 Å². The minimum Gasteiger partial charge on any atom is -0.496 e. The van der Waals surface area contributed by atoms with E-state index in [0.29, 0.717) is 11.3 Å². The van der Waals surface area contributed by atoms with Crippen LogP contribution in [0.4, 0.5) is 4.39 Å². The Kier molecular flexibility index (Phi) is 4.20. The van der Waals surface area contributed by atoms with Gasteiger partial charge in [0.05, 0.1) is 31.8 Å². The van der Waals surface area contributed by atoms with Gasteiger partial charge in [0.15, 0.2) is 11.6 Å². The van der Waals surface area contributed by atoms with Crippen molar-refractivity contribution >= 4 is 0 Å². The van der Waals surface area contributed by atoms with Crippen molar-refractivity contribution in [3.63, 3.8) is 0 Å². The summed E-state index contributed by atoms with van der Waals surface area (Å²) in [6, 6.07) is 8.65. The molecule has 2 aromatic carbocycles. The van der Waals surface area contributed by atoms with Crippen LogP contribution in [0.1, 0.15) is 11.1 Å². The lowest BCUT2D eigenvalue weighted by atomic mass is 10.1. The number of aromatic nitrogens is 3. The minimum atomic E-state index is -0.430. The number of hydrogen-bond donors (Lipinski definition) is 0. The van der Waals surface area contributed by atoms with E-state index in [1.54, 1.807) is 30.1 Å².